The van der Waals surface area contributed by atoms with E-state index in [2.05, 4.69) is 0 Å². The maximum absolute atomic E-state index is 12.8. The van der Waals surface area contributed by atoms with Crippen LogP contribution in [0.1, 0.15) is 11.1 Å². The molecule has 0 unspecified atom stereocenters. The van der Waals surface area contributed by atoms with E-state index in [-0.39, 0.29) is 31.1 Å². The lowest BCUT2D eigenvalue weighted by atomic mass is 10.1. The van der Waals surface area contributed by atoms with E-state index in [0.29, 0.717) is 13.2 Å². The van der Waals surface area contributed by atoms with Crippen LogP contribution in [0.2, 0.25) is 0 Å². The normalized spacial score (nSPS) is 11.7. The predicted octanol–water partition coefficient (Wildman–Crippen LogP) is 2.21. The zero-order valence-corrected chi connectivity index (χ0v) is 11.2. The van der Waals surface area contributed by atoms with Gasteiger partial charge in [-0.3, -0.25) is 0 Å². The number of ether oxygens (including phenoxy) is 3. The van der Waals surface area contributed by atoms with Crippen LogP contribution in [0.3, 0.4) is 0 Å². The van der Waals surface area contributed by atoms with Crippen LogP contribution in [0.25, 0.3) is 0 Å². The van der Waals surface area contributed by atoms with E-state index in [1.165, 1.54) is 12.1 Å². The first-order valence-corrected chi connectivity index (χ1v) is 6.08. The molecular formula is C13H18F3NO3. The van der Waals surface area contributed by atoms with Gasteiger partial charge in [-0.2, -0.15) is 13.2 Å². The van der Waals surface area contributed by atoms with E-state index in [9.17, 15) is 13.2 Å². The summed E-state index contributed by atoms with van der Waals surface area (Å²) in [6.45, 7) is 1.16. The molecule has 114 valence electrons. The minimum absolute atomic E-state index is 0.0428. The molecular weight excluding hydrogens is 275 g/mol. The Morgan fingerprint density at radius 1 is 1.10 bits per heavy atom. The number of hydrogen-bond donors (Lipinski definition) is 1. The number of nitrogens with two attached hydrogens (primary N) is 1. The van der Waals surface area contributed by atoms with Gasteiger partial charge in [0.05, 0.1) is 25.4 Å². The molecule has 0 radical (unpaired) electrons. The minimum Gasteiger partial charge on any atom is -0.491 e. The Balaban J connectivity index is 2.55. The van der Waals surface area contributed by atoms with Crippen LogP contribution >= 0.6 is 0 Å². The van der Waals surface area contributed by atoms with E-state index in [0.717, 1.165) is 6.07 Å². The third-order valence-electron chi connectivity index (χ3n) is 2.53. The smallest absolute Gasteiger partial charge is 0.416 e. The maximum Gasteiger partial charge on any atom is 0.416 e. The van der Waals surface area contributed by atoms with Gasteiger partial charge in [0.15, 0.2) is 0 Å². The molecule has 0 saturated heterocycles. The van der Waals surface area contributed by atoms with Gasteiger partial charge in [-0.15, -0.1) is 0 Å². The Kier molecular flexibility index (Phi) is 6.77. The number of methoxy groups -OCH3 is 1. The molecule has 0 heterocycles. The SMILES string of the molecule is COCCOCCOc1ccc(CN)c(C(F)(F)F)c1. The summed E-state index contributed by atoms with van der Waals surface area (Å²) in [5.74, 6) is 0.143. The molecule has 4 nitrogen and oxygen atoms in total. The molecule has 0 spiro atoms. The van der Waals surface area contributed by atoms with Crippen LogP contribution in [0.4, 0.5) is 13.2 Å². The predicted molar refractivity (Wildman–Crippen MR) is 67.5 cm³/mol. The summed E-state index contributed by atoms with van der Waals surface area (Å²) in [6, 6.07) is 3.74. The summed E-state index contributed by atoms with van der Waals surface area (Å²) in [6.07, 6.45) is -4.44. The molecule has 20 heavy (non-hydrogen) atoms. The second-order valence-electron chi connectivity index (χ2n) is 3.97. The van der Waals surface area contributed by atoms with Crippen molar-refractivity contribution in [3.05, 3.63) is 29.3 Å². The molecule has 1 aromatic carbocycles. The molecule has 0 fully saturated rings. The highest BCUT2D eigenvalue weighted by atomic mass is 19.4. The molecule has 0 amide bonds. The quantitative estimate of drug-likeness (QED) is 0.747. The summed E-state index contributed by atoms with van der Waals surface area (Å²) in [4.78, 5) is 0. The Morgan fingerprint density at radius 2 is 1.80 bits per heavy atom. The summed E-state index contributed by atoms with van der Waals surface area (Å²) < 4.78 is 53.5. The first-order valence-electron chi connectivity index (χ1n) is 6.08. The van der Waals surface area contributed by atoms with Gasteiger partial charge in [-0.1, -0.05) is 6.07 Å². The minimum atomic E-state index is -4.44. The van der Waals surface area contributed by atoms with Crippen LogP contribution < -0.4 is 10.5 Å². The Hall–Kier alpha value is -1.31. The van der Waals surface area contributed by atoms with Crippen molar-refractivity contribution < 1.29 is 27.4 Å². The zero-order chi connectivity index (χ0) is 15.0. The van der Waals surface area contributed by atoms with Gasteiger partial charge in [-0.05, 0) is 17.7 Å². The average molecular weight is 293 g/mol. The van der Waals surface area contributed by atoms with Gasteiger partial charge in [0.2, 0.25) is 0 Å². The Morgan fingerprint density at radius 3 is 2.40 bits per heavy atom. The van der Waals surface area contributed by atoms with Crippen LogP contribution in [0, 0.1) is 0 Å². The van der Waals surface area contributed by atoms with Crippen LogP contribution in [-0.4, -0.2) is 33.5 Å². The van der Waals surface area contributed by atoms with E-state index in [1.54, 1.807) is 7.11 Å². The van der Waals surface area contributed by atoms with Crippen molar-refractivity contribution in [3.63, 3.8) is 0 Å². The number of hydrogen-bond acceptors (Lipinski definition) is 4. The molecule has 0 bridgehead atoms. The second kappa shape index (κ2) is 8.08. The maximum atomic E-state index is 12.8. The number of rotatable bonds is 8. The Bertz CT molecular complexity index is 410. The average Bonchev–Trinajstić information content (AvgIpc) is 2.41. The van der Waals surface area contributed by atoms with Gasteiger partial charge in [0, 0.05) is 13.7 Å². The number of benzene rings is 1. The lowest BCUT2D eigenvalue weighted by Gasteiger charge is -2.14. The first kappa shape index (κ1) is 16.7. The summed E-state index contributed by atoms with van der Waals surface area (Å²) in [7, 11) is 1.55. The van der Waals surface area contributed by atoms with Crippen LogP contribution in [0.15, 0.2) is 18.2 Å². The largest absolute Gasteiger partial charge is 0.491 e. The monoisotopic (exact) mass is 293 g/mol. The summed E-state index contributed by atoms with van der Waals surface area (Å²) in [5, 5.41) is 0. The number of halogens is 3. The van der Waals surface area contributed by atoms with Crippen molar-refractivity contribution in [2.24, 2.45) is 5.73 Å². The van der Waals surface area contributed by atoms with Crippen molar-refractivity contribution in [2.45, 2.75) is 12.7 Å². The van der Waals surface area contributed by atoms with Crippen molar-refractivity contribution in [3.8, 4) is 5.75 Å². The fourth-order valence-electron chi connectivity index (χ4n) is 1.55. The molecule has 0 atom stereocenters. The zero-order valence-electron chi connectivity index (χ0n) is 11.2. The molecule has 0 aliphatic heterocycles. The highest BCUT2D eigenvalue weighted by Crippen LogP contribution is 2.34. The van der Waals surface area contributed by atoms with Gasteiger partial charge >= 0.3 is 6.18 Å². The van der Waals surface area contributed by atoms with E-state index < -0.39 is 11.7 Å². The standard InChI is InChI=1S/C13H18F3NO3/c1-18-4-5-19-6-7-20-11-3-2-10(9-17)12(8-11)13(14,15)16/h2-3,8H,4-7,9,17H2,1H3. The van der Waals surface area contributed by atoms with Crippen LogP contribution in [0.5, 0.6) is 5.75 Å². The molecule has 0 aromatic heterocycles. The molecule has 0 saturated carbocycles. The van der Waals surface area contributed by atoms with Crippen molar-refractivity contribution in [1.82, 2.24) is 0 Å². The molecule has 7 heteroatoms. The van der Waals surface area contributed by atoms with Crippen molar-refractivity contribution >= 4 is 0 Å². The Labute approximate surface area is 115 Å². The first-order chi connectivity index (χ1) is 9.49. The van der Waals surface area contributed by atoms with E-state index in [1.807, 2.05) is 0 Å². The molecule has 1 aromatic rings. The van der Waals surface area contributed by atoms with Gasteiger partial charge < -0.3 is 19.9 Å². The molecule has 0 aliphatic carbocycles. The van der Waals surface area contributed by atoms with Gasteiger partial charge in [-0.25, -0.2) is 0 Å². The fourth-order valence-corrected chi connectivity index (χ4v) is 1.55. The highest BCUT2D eigenvalue weighted by molar-refractivity contribution is 5.37. The third kappa shape index (κ3) is 5.36. The van der Waals surface area contributed by atoms with E-state index >= 15 is 0 Å². The lowest BCUT2D eigenvalue weighted by Crippen LogP contribution is -2.13. The summed E-state index contributed by atoms with van der Waals surface area (Å²) >= 11 is 0. The summed E-state index contributed by atoms with van der Waals surface area (Å²) in [5.41, 5.74) is 4.57. The third-order valence-corrected chi connectivity index (χ3v) is 2.53. The van der Waals surface area contributed by atoms with Crippen molar-refractivity contribution in [2.75, 3.05) is 33.5 Å². The van der Waals surface area contributed by atoms with Gasteiger partial charge in [0.1, 0.15) is 12.4 Å². The topological polar surface area (TPSA) is 53.7 Å². The molecule has 2 N–H and O–H groups in total. The fraction of sp³-hybridized carbons (Fsp3) is 0.538. The van der Waals surface area contributed by atoms with Crippen LogP contribution in [-0.2, 0) is 22.2 Å². The van der Waals surface area contributed by atoms with Crippen molar-refractivity contribution in [1.29, 1.82) is 0 Å². The molecule has 1 rings (SSSR count). The van der Waals surface area contributed by atoms with Gasteiger partial charge in [0.25, 0.3) is 0 Å². The molecule has 0 aliphatic rings. The highest BCUT2D eigenvalue weighted by Gasteiger charge is 2.33. The second-order valence-corrected chi connectivity index (χ2v) is 3.97. The lowest BCUT2D eigenvalue weighted by molar-refractivity contribution is -0.138. The number of alkyl halides is 3. The van der Waals surface area contributed by atoms with E-state index in [4.69, 9.17) is 19.9 Å².